The van der Waals surface area contributed by atoms with Crippen LogP contribution in [0.2, 0.25) is 0 Å². The van der Waals surface area contributed by atoms with Gasteiger partial charge in [-0.25, -0.2) is 0 Å². The van der Waals surface area contributed by atoms with Crippen LogP contribution in [0.3, 0.4) is 0 Å². The highest BCUT2D eigenvalue weighted by molar-refractivity contribution is 5.82. The molecule has 2 unspecified atom stereocenters. The number of nitrogens with one attached hydrogen (secondary N) is 1. The molecule has 2 atom stereocenters. The molecule has 3 N–H and O–H groups in total. The number of carbonyl (C=O) groups is 2. The molecule has 6 heteroatoms. The van der Waals surface area contributed by atoms with E-state index in [0.717, 1.165) is 18.4 Å². The van der Waals surface area contributed by atoms with Crippen molar-refractivity contribution in [3.8, 4) is 0 Å². The number of ether oxygens (including phenoxy) is 2. The van der Waals surface area contributed by atoms with Crippen LogP contribution in [-0.2, 0) is 25.5 Å². The van der Waals surface area contributed by atoms with E-state index >= 15 is 0 Å². The molecule has 0 bridgehead atoms. The first-order valence-electron chi connectivity index (χ1n) is 8.93. The Hall–Kier alpha value is -1.92. The van der Waals surface area contributed by atoms with Gasteiger partial charge < -0.3 is 20.5 Å². The molecule has 138 valence electrons. The second kappa shape index (κ2) is 10.2. The molecule has 1 aliphatic heterocycles. The highest BCUT2D eigenvalue weighted by Crippen LogP contribution is 2.18. The summed E-state index contributed by atoms with van der Waals surface area (Å²) in [5.41, 5.74) is 7.11. The van der Waals surface area contributed by atoms with Gasteiger partial charge in [-0.3, -0.25) is 9.59 Å². The Labute approximate surface area is 149 Å². The molecule has 1 aromatic carbocycles. The Morgan fingerprint density at radius 1 is 1.28 bits per heavy atom. The molecule has 0 radical (unpaired) electrons. The van der Waals surface area contributed by atoms with Crippen molar-refractivity contribution in [1.82, 2.24) is 5.32 Å². The summed E-state index contributed by atoms with van der Waals surface area (Å²) < 4.78 is 10.5. The van der Waals surface area contributed by atoms with Crippen LogP contribution in [0, 0.1) is 11.8 Å². The fourth-order valence-electron chi connectivity index (χ4n) is 3.03. The highest BCUT2D eigenvalue weighted by atomic mass is 16.5. The van der Waals surface area contributed by atoms with Gasteiger partial charge in [-0.1, -0.05) is 30.3 Å². The van der Waals surface area contributed by atoms with E-state index in [0.29, 0.717) is 26.2 Å². The van der Waals surface area contributed by atoms with Crippen molar-refractivity contribution in [3.05, 3.63) is 35.9 Å². The summed E-state index contributed by atoms with van der Waals surface area (Å²) in [6.45, 7) is 3.61. The van der Waals surface area contributed by atoms with Crippen molar-refractivity contribution in [2.45, 2.75) is 32.2 Å². The van der Waals surface area contributed by atoms with E-state index in [-0.39, 0.29) is 24.3 Å². The molecule has 1 heterocycles. The third-order valence-electron chi connectivity index (χ3n) is 4.54. The molecule has 6 nitrogen and oxygen atoms in total. The number of esters is 1. The van der Waals surface area contributed by atoms with Crippen molar-refractivity contribution in [3.63, 3.8) is 0 Å². The molecular weight excluding hydrogens is 320 g/mol. The van der Waals surface area contributed by atoms with E-state index in [1.54, 1.807) is 6.92 Å². The fourth-order valence-corrected chi connectivity index (χ4v) is 3.03. The van der Waals surface area contributed by atoms with Gasteiger partial charge in [0.15, 0.2) is 0 Å². The summed E-state index contributed by atoms with van der Waals surface area (Å²) >= 11 is 0. The summed E-state index contributed by atoms with van der Waals surface area (Å²) in [5, 5.41) is 2.83. The first-order chi connectivity index (χ1) is 12.1. The molecule has 1 fully saturated rings. The zero-order valence-electron chi connectivity index (χ0n) is 14.8. The summed E-state index contributed by atoms with van der Waals surface area (Å²) in [4.78, 5) is 24.6. The maximum absolute atomic E-state index is 12.4. The Morgan fingerprint density at radius 2 is 1.96 bits per heavy atom. The lowest BCUT2D eigenvalue weighted by Crippen LogP contribution is -2.48. The molecule has 0 spiro atoms. The molecule has 25 heavy (non-hydrogen) atoms. The molecule has 1 aliphatic rings. The molecule has 1 aromatic rings. The summed E-state index contributed by atoms with van der Waals surface area (Å²) in [6, 6.07) is 9.14. The van der Waals surface area contributed by atoms with E-state index in [2.05, 4.69) is 5.32 Å². The molecule has 0 saturated carbocycles. The first-order valence-corrected chi connectivity index (χ1v) is 8.93. The largest absolute Gasteiger partial charge is 0.466 e. The van der Waals surface area contributed by atoms with Gasteiger partial charge in [0.1, 0.15) is 0 Å². The maximum atomic E-state index is 12.4. The second-order valence-corrected chi connectivity index (χ2v) is 6.36. The average molecular weight is 348 g/mol. The van der Waals surface area contributed by atoms with Crippen molar-refractivity contribution in [2.75, 3.05) is 26.4 Å². The number of rotatable bonds is 8. The Balaban J connectivity index is 1.91. The molecule has 1 amide bonds. The maximum Gasteiger partial charge on any atom is 0.311 e. The number of hydrogen-bond acceptors (Lipinski definition) is 5. The molecule has 2 rings (SSSR count). The minimum absolute atomic E-state index is 0.129. The summed E-state index contributed by atoms with van der Waals surface area (Å²) in [6.07, 6.45) is 2.10. The van der Waals surface area contributed by atoms with Crippen LogP contribution in [0.25, 0.3) is 0 Å². The first kappa shape index (κ1) is 19.4. The molecule has 1 saturated heterocycles. The monoisotopic (exact) mass is 348 g/mol. The third-order valence-corrected chi connectivity index (χ3v) is 4.54. The van der Waals surface area contributed by atoms with E-state index in [1.807, 2.05) is 30.3 Å². The SMILES string of the molecule is CCOC(=O)C(CNC(=O)C(N)C1CCOCC1)Cc1ccccc1. The van der Waals surface area contributed by atoms with Crippen molar-refractivity contribution < 1.29 is 19.1 Å². The summed E-state index contributed by atoms with van der Waals surface area (Å²) in [7, 11) is 0. The van der Waals surface area contributed by atoms with Gasteiger partial charge in [-0.05, 0) is 37.7 Å². The van der Waals surface area contributed by atoms with Crippen LogP contribution in [0.15, 0.2) is 30.3 Å². The van der Waals surface area contributed by atoms with Crippen molar-refractivity contribution in [1.29, 1.82) is 0 Å². The van der Waals surface area contributed by atoms with Gasteiger partial charge in [0.25, 0.3) is 0 Å². The van der Waals surface area contributed by atoms with E-state index in [4.69, 9.17) is 15.2 Å². The van der Waals surface area contributed by atoms with Gasteiger partial charge in [0.05, 0.1) is 18.6 Å². The smallest absolute Gasteiger partial charge is 0.311 e. The zero-order chi connectivity index (χ0) is 18.1. The normalized spacial score (nSPS) is 17.5. The lowest BCUT2D eigenvalue weighted by molar-refractivity contribution is -0.147. The van der Waals surface area contributed by atoms with Crippen LogP contribution in [-0.4, -0.2) is 44.3 Å². The van der Waals surface area contributed by atoms with Crippen molar-refractivity contribution >= 4 is 11.9 Å². The van der Waals surface area contributed by atoms with E-state index in [1.165, 1.54) is 0 Å². The predicted octanol–water partition coefficient (Wildman–Crippen LogP) is 1.28. The zero-order valence-corrected chi connectivity index (χ0v) is 14.8. The minimum atomic E-state index is -0.566. The standard InChI is InChI=1S/C19H28N2O4/c1-2-25-19(23)16(12-14-6-4-3-5-7-14)13-21-18(22)17(20)15-8-10-24-11-9-15/h3-7,15-17H,2,8-13,20H2,1H3,(H,21,22). The van der Waals surface area contributed by atoms with Crippen LogP contribution in [0.1, 0.15) is 25.3 Å². The quantitative estimate of drug-likeness (QED) is 0.691. The highest BCUT2D eigenvalue weighted by Gasteiger charge is 2.28. The molecule has 0 aliphatic carbocycles. The Morgan fingerprint density at radius 3 is 2.60 bits per heavy atom. The van der Waals surface area contributed by atoms with Crippen LogP contribution in [0.4, 0.5) is 0 Å². The molecule has 0 aromatic heterocycles. The topological polar surface area (TPSA) is 90.7 Å². The van der Waals surface area contributed by atoms with Crippen LogP contribution in [0.5, 0.6) is 0 Å². The summed E-state index contributed by atoms with van der Waals surface area (Å²) in [5.74, 6) is -0.808. The number of carbonyl (C=O) groups excluding carboxylic acids is 2. The Kier molecular flexibility index (Phi) is 7.88. The van der Waals surface area contributed by atoms with Gasteiger partial charge >= 0.3 is 5.97 Å². The average Bonchev–Trinajstić information content (AvgIpc) is 2.66. The van der Waals surface area contributed by atoms with Crippen molar-refractivity contribution in [2.24, 2.45) is 17.6 Å². The third kappa shape index (κ3) is 6.14. The lowest BCUT2D eigenvalue weighted by atomic mass is 9.91. The van der Waals surface area contributed by atoms with E-state index in [9.17, 15) is 9.59 Å². The fraction of sp³-hybridized carbons (Fsp3) is 0.579. The number of hydrogen-bond donors (Lipinski definition) is 2. The molecular formula is C19H28N2O4. The number of benzene rings is 1. The number of amides is 1. The predicted molar refractivity (Wildman–Crippen MR) is 94.8 cm³/mol. The minimum Gasteiger partial charge on any atom is -0.466 e. The van der Waals surface area contributed by atoms with Gasteiger partial charge in [0.2, 0.25) is 5.91 Å². The second-order valence-electron chi connectivity index (χ2n) is 6.36. The Bertz CT molecular complexity index is 544. The van der Waals surface area contributed by atoms with E-state index < -0.39 is 12.0 Å². The number of nitrogens with two attached hydrogens (primary N) is 1. The van der Waals surface area contributed by atoms with Crippen LogP contribution >= 0.6 is 0 Å². The van der Waals surface area contributed by atoms with Gasteiger partial charge in [0, 0.05) is 19.8 Å². The lowest BCUT2D eigenvalue weighted by Gasteiger charge is -2.27. The van der Waals surface area contributed by atoms with Gasteiger partial charge in [-0.15, -0.1) is 0 Å². The van der Waals surface area contributed by atoms with Gasteiger partial charge in [-0.2, -0.15) is 0 Å². The van der Waals surface area contributed by atoms with Crippen LogP contribution < -0.4 is 11.1 Å².